The van der Waals surface area contributed by atoms with Crippen molar-refractivity contribution in [1.82, 2.24) is 4.90 Å². The second-order valence-electron chi connectivity index (χ2n) is 6.60. The molecule has 1 aromatic carbocycles. The second-order valence-corrected chi connectivity index (χ2v) is 6.60. The van der Waals surface area contributed by atoms with E-state index in [4.69, 9.17) is 9.15 Å². The summed E-state index contributed by atoms with van der Waals surface area (Å²) in [5, 5.41) is 21.4. The van der Waals surface area contributed by atoms with Crippen LogP contribution in [0.5, 0.6) is 0 Å². The summed E-state index contributed by atoms with van der Waals surface area (Å²) in [6, 6.07) is 7.72. The van der Waals surface area contributed by atoms with E-state index in [-0.39, 0.29) is 23.6 Å². The van der Waals surface area contributed by atoms with Gasteiger partial charge in [0.05, 0.1) is 16.5 Å². The lowest BCUT2D eigenvalue weighted by atomic mass is 9.95. The molecule has 9 heteroatoms. The van der Waals surface area contributed by atoms with E-state index in [2.05, 4.69) is 0 Å². The van der Waals surface area contributed by atoms with E-state index in [1.165, 1.54) is 42.3 Å². The van der Waals surface area contributed by atoms with Gasteiger partial charge < -0.3 is 19.2 Å². The van der Waals surface area contributed by atoms with Crippen molar-refractivity contribution in [1.29, 1.82) is 0 Å². The number of furan rings is 1. The second kappa shape index (κ2) is 8.27. The lowest BCUT2D eigenvalue weighted by Crippen LogP contribution is -2.32. The molecule has 0 radical (unpaired) electrons. The molecule has 2 heterocycles. The average molecular weight is 400 g/mol. The zero-order valence-electron chi connectivity index (χ0n) is 16.0. The van der Waals surface area contributed by atoms with E-state index in [1.807, 2.05) is 0 Å². The summed E-state index contributed by atoms with van der Waals surface area (Å²) < 4.78 is 10.4. The lowest BCUT2D eigenvalue weighted by molar-refractivity contribution is -0.384. The smallest absolute Gasteiger partial charge is 0.290 e. The molecule has 0 fully saturated rings. The van der Waals surface area contributed by atoms with E-state index in [1.54, 1.807) is 13.0 Å². The fourth-order valence-corrected chi connectivity index (χ4v) is 3.31. The fraction of sp³-hybridized carbons (Fsp3) is 0.300. The van der Waals surface area contributed by atoms with Crippen LogP contribution in [0.3, 0.4) is 0 Å². The molecule has 29 heavy (non-hydrogen) atoms. The third kappa shape index (κ3) is 3.90. The summed E-state index contributed by atoms with van der Waals surface area (Å²) in [5.74, 6) is -1.42. The third-order valence-corrected chi connectivity index (χ3v) is 4.68. The molecule has 0 spiro atoms. The minimum atomic E-state index is -0.891. The van der Waals surface area contributed by atoms with Gasteiger partial charge >= 0.3 is 0 Å². The first-order valence-electron chi connectivity index (χ1n) is 8.93. The van der Waals surface area contributed by atoms with Crippen molar-refractivity contribution in [2.24, 2.45) is 0 Å². The van der Waals surface area contributed by atoms with E-state index in [9.17, 15) is 24.8 Å². The van der Waals surface area contributed by atoms with Gasteiger partial charge in [-0.05, 0) is 43.2 Å². The van der Waals surface area contributed by atoms with Crippen LogP contribution in [0.2, 0.25) is 0 Å². The Balaban J connectivity index is 2.03. The summed E-state index contributed by atoms with van der Waals surface area (Å²) in [5.41, 5.74) is 0.236. The number of hydrogen-bond donors (Lipinski definition) is 1. The molecule has 0 saturated carbocycles. The molecule has 1 aliphatic rings. The van der Waals surface area contributed by atoms with Gasteiger partial charge in [-0.25, -0.2) is 0 Å². The first kappa shape index (κ1) is 20.3. The highest BCUT2D eigenvalue weighted by Gasteiger charge is 2.44. The van der Waals surface area contributed by atoms with Gasteiger partial charge in [0.2, 0.25) is 5.78 Å². The molecule has 0 saturated heterocycles. The van der Waals surface area contributed by atoms with E-state index in [0.29, 0.717) is 24.4 Å². The monoisotopic (exact) mass is 400 g/mol. The Kier molecular flexibility index (Phi) is 5.79. The number of aliphatic hydroxyl groups is 1. The summed E-state index contributed by atoms with van der Waals surface area (Å²) in [4.78, 5) is 37.5. The molecular formula is C20H20N2O7. The maximum absolute atomic E-state index is 13.0. The number of ether oxygens (including phenoxy) is 1. The highest BCUT2D eigenvalue weighted by molar-refractivity contribution is 6.15. The quantitative estimate of drug-likeness (QED) is 0.312. The topological polar surface area (TPSA) is 123 Å². The molecule has 2 aromatic rings. The number of aliphatic hydroxyl groups excluding tert-OH is 1. The molecule has 152 valence electrons. The van der Waals surface area contributed by atoms with Crippen LogP contribution >= 0.6 is 0 Å². The van der Waals surface area contributed by atoms with Crippen LogP contribution in [0.15, 0.2) is 52.1 Å². The van der Waals surface area contributed by atoms with Gasteiger partial charge in [-0.2, -0.15) is 0 Å². The predicted octanol–water partition coefficient (Wildman–Crippen LogP) is 3.11. The first-order chi connectivity index (χ1) is 13.8. The molecule has 9 nitrogen and oxygen atoms in total. The number of carbonyl (C=O) groups excluding carboxylic acids is 2. The molecule has 1 amide bonds. The van der Waals surface area contributed by atoms with Crippen LogP contribution in [0.25, 0.3) is 0 Å². The van der Waals surface area contributed by atoms with Crippen LogP contribution in [-0.2, 0) is 9.53 Å². The van der Waals surface area contributed by atoms with Crippen LogP contribution in [0, 0.1) is 17.0 Å². The molecule has 0 bridgehead atoms. The number of nitrogens with zero attached hydrogens (tertiary/aromatic N) is 2. The van der Waals surface area contributed by atoms with Gasteiger partial charge in [0.1, 0.15) is 5.76 Å². The van der Waals surface area contributed by atoms with Crippen LogP contribution < -0.4 is 0 Å². The number of ketones is 1. The van der Waals surface area contributed by atoms with E-state index >= 15 is 0 Å². The number of Topliss-reactive ketones (excluding diaryl/α,β-unsaturated/α-hetero) is 1. The first-order valence-corrected chi connectivity index (χ1v) is 8.93. The Bertz CT molecular complexity index is 975. The largest absolute Gasteiger partial charge is 0.503 e. The standard InChI is InChI=1S/C20H20N2O7/c1-12-4-9-15(29-12)18(23)16-17(13-5-7-14(8-6-13)22(26)27)21(10-3-11-28-2)20(25)19(16)24/h4-9,17,24H,3,10-11H2,1-2H3/t17-/m0/s1. The van der Waals surface area contributed by atoms with Crippen molar-refractivity contribution >= 4 is 17.4 Å². The number of hydrogen-bond acceptors (Lipinski definition) is 7. The number of methoxy groups -OCH3 is 1. The van der Waals surface area contributed by atoms with Gasteiger partial charge in [-0.15, -0.1) is 0 Å². The molecule has 1 N–H and O–H groups in total. The van der Waals surface area contributed by atoms with Crippen molar-refractivity contribution in [3.8, 4) is 0 Å². The predicted molar refractivity (Wildman–Crippen MR) is 101 cm³/mol. The zero-order valence-corrected chi connectivity index (χ0v) is 16.0. The molecule has 3 rings (SSSR count). The van der Waals surface area contributed by atoms with Crippen LogP contribution in [-0.4, -0.2) is 46.9 Å². The van der Waals surface area contributed by atoms with Crippen molar-refractivity contribution < 1.29 is 28.8 Å². The molecule has 1 atom stereocenters. The molecule has 1 aliphatic heterocycles. The Morgan fingerprint density at radius 3 is 2.52 bits per heavy atom. The summed E-state index contributed by atoms with van der Waals surface area (Å²) in [6.45, 7) is 2.29. The normalized spacial score (nSPS) is 16.6. The number of carbonyl (C=O) groups is 2. The number of nitro groups is 1. The number of nitro benzene ring substituents is 1. The average Bonchev–Trinajstić information content (AvgIpc) is 3.24. The Labute approximate surface area is 166 Å². The SMILES string of the molecule is COCCCN1C(=O)C(O)=C(C(=O)c2ccc(C)o2)[C@@H]1c1ccc([N+](=O)[O-])cc1. The maximum Gasteiger partial charge on any atom is 0.290 e. The molecular weight excluding hydrogens is 380 g/mol. The molecule has 0 aliphatic carbocycles. The van der Waals surface area contributed by atoms with E-state index < -0.39 is 28.4 Å². The lowest BCUT2D eigenvalue weighted by Gasteiger charge is -2.26. The zero-order chi connectivity index (χ0) is 21.1. The third-order valence-electron chi connectivity index (χ3n) is 4.68. The van der Waals surface area contributed by atoms with Gasteiger partial charge in [0.15, 0.2) is 11.5 Å². The maximum atomic E-state index is 13.0. The van der Waals surface area contributed by atoms with Crippen molar-refractivity contribution in [3.63, 3.8) is 0 Å². The van der Waals surface area contributed by atoms with Gasteiger partial charge in [-0.1, -0.05) is 0 Å². The summed E-state index contributed by atoms with van der Waals surface area (Å²) >= 11 is 0. The van der Waals surface area contributed by atoms with E-state index in [0.717, 1.165) is 0 Å². The van der Waals surface area contributed by atoms with Crippen LogP contribution in [0.1, 0.15) is 34.3 Å². The molecule has 1 aromatic heterocycles. The van der Waals surface area contributed by atoms with Gasteiger partial charge in [0, 0.05) is 32.4 Å². The summed E-state index contributed by atoms with van der Waals surface area (Å²) in [6.07, 6.45) is 0.486. The Morgan fingerprint density at radius 2 is 1.97 bits per heavy atom. The molecule has 0 unspecified atom stereocenters. The van der Waals surface area contributed by atoms with Gasteiger partial charge in [-0.3, -0.25) is 19.7 Å². The highest BCUT2D eigenvalue weighted by Crippen LogP contribution is 2.39. The number of rotatable bonds is 8. The van der Waals surface area contributed by atoms with Gasteiger partial charge in [0.25, 0.3) is 11.6 Å². The van der Waals surface area contributed by atoms with Crippen molar-refractivity contribution in [2.75, 3.05) is 20.3 Å². The Hall–Kier alpha value is -3.46. The number of aryl methyl sites for hydroxylation is 1. The number of benzene rings is 1. The van der Waals surface area contributed by atoms with Crippen molar-refractivity contribution in [3.05, 3.63) is 74.9 Å². The van der Waals surface area contributed by atoms with Crippen molar-refractivity contribution in [2.45, 2.75) is 19.4 Å². The number of amides is 1. The minimum absolute atomic E-state index is 0.00232. The number of non-ortho nitro benzene ring substituents is 1. The fourth-order valence-electron chi connectivity index (χ4n) is 3.31. The van der Waals surface area contributed by atoms with Crippen LogP contribution in [0.4, 0.5) is 5.69 Å². The minimum Gasteiger partial charge on any atom is -0.503 e. The summed E-state index contributed by atoms with van der Waals surface area (Å²) in [7, 11) is 1.53. The highest BCUT2D eigenvalue weighted by atomic mass is 16.6. The Morgan fingerprint density at radius 1 is 1.28 bits per heavy atom.